The molecule has 3 rings (SSSR count). The topological polar surface area (TPSA) is 38.8 Å². The summed E-state index contributed by atoms with van der Waals surface area (Å²) in [5.41, 5.74) is 0. The number of carbonyl (C=O) groups is 1. The molecule has 0 N–H and O–H groups in total. The van der Waals surface area contributed by atoms with E-state index in [-0.39, 0.29) is 5.91 Å². The molecule has 4 nitrogen and oxygen atoms in total. The van der Waals surface area contributed by atoms with Crippen molar-refractivity contribution < 1.29 is 14.3 Å². The number of para-hydroxylation sites is 2. The van der Waals surface area contributed by atoms with Gasteiger partial charge in [0.1, 0.15) is 6.61 Å². The Morgan fingerprint density at radius 3 is 2.65 bits per heavy atom. The first kappa shape index (κ1) is 10.4. The maximum absolute atomic E-state index is 12.1. The molecule has 17 heavy (non-hydrogen) atoms. The number of amides is 1. The summed E-state index contributed by atoms with van der Waals surface area (Å²) in [6.45, 7) is 2.01. The SMILES string of the molecule is O=C([C@@H]1COc2ccccc2O1)N1CCCC1. The van der Waals surface area contributed by atoms with Crippen molar-refractivity contribution in [3.8, 4) is 11.5 Å². The summed E-state index contributed by atoms with van der Waals surface area (Å²) in [4.78, 5) is 14.0. The molecule has 2 aliphatic rings. The van der Waals surface area contributed by atoms with E-state index in [2.05, 4.69) is 0 Å². The highest BCUT2D eigenvalue weighted by molar-refractivity contribution is 5.82. The zero-order valence-electron chi connectivity index (χ0n) is 9.59. The van der Waals surface area contributed by atoms with Crippen LogP contribution in [0.3, 0.4) is 0 Å². The van der Waals surface area contributed by atoms with Crippen molar-refractivity contribution in [2.24, 2.45) is 0 Å². The number of ether oxygens (including phenoxy) is 2. The zero-order valence-corrected chi connectivity index (χ0v) is 9.59. The van der Waals surface area contributed by atoms with Crippen molar-refractivity contribution >= 4 is 5.91 Å². The van der Waals surface area contributed by atoms with Gasteiger partial charge in [-0.1, -0.05) is 12.1 Å². The molecule has 1 aromatic rings. The smallest absolute Gasteiger partial charge is 0.267 e. The molecule has 1 atom stereocenters. The van der Waals surface area contributed by atoms with Crippen molar-refractivity contribution in [3.05, 3.63) is 24.3 Å². The van der Waals surface area contributed by atoms with Gasteiger partial charge in [0, 0.05) is 13.1 Å². The van der Waals surface area contributed by atoms with Crippen LogP contribution in [0.25, 0.3) is 0 Å². The monoisotopic (exact) mass is 233 g/mol. The average molecular weight is 233 g/mol. The molecule has 2 heterocycles. The Hall–Kier alpha value is -1.71. The molecule has 0 aliphatic carbocycles. The lowest BCUT2D eigenvalue weighted by molar-refractivity contribution is -0.140. The summed E-state index contributed by atoms with van der Waals surface area (Å²) in [5, 5.41) is 0. The fraction of sp³-hybridized carbons (Fsp3) is 0.462. The first-order valence-electron chi connectivity index (χ1n) is 6.02. The van der Waals surface area contributed by atoms with Crippen molar-refractivity contribution in [2.75, 3.05) is 19.7 Å². The molecule has 1 amide bonds. The van der Waals surface area contributed by atoms with Gasteiger partial charge in [-0.3, -0.25) is 4.79 Å². The number of fused-ring (bicyclic) bond motifs is 1. The molecular weight excluding hydrogens is 218 g/mol. The minimum absolute atomic E-state index is 0.0528. The summed E-state index contributed by atoms with van der Waals surface area (Å²) in [7, 11) is 0. The highest BCUT2D eigenvalue weighted by atomic mass is 16.6. The fourth-order valence-electron chi connectivity index (χ4n) is 2.28. The minimum atomic E-state index is -0.483. The number of hydrogen-bond donors (Lipinski definition) is 0. The Morgan fingerprint density at radius 1 is 1.18 bits per heavy atom. The van der Waals surface area contributed by atoms with Crippen LogP contribution in [0, 0.1) is 0 Å². The molecule has 90 valence electrons. The van der Waals surface area contributed by atoms with E-state index in [0.29, 0.717) is 12.4 Å². The highest BCUT2D eigenvalue weighted by Crippen LogP contribution is 2.31. The summed E-state index contributed by atoms with van der Waals surface area (Å²) in [6, 6.07) is 7.46. The second-order valence-electron chi connectivity index (χ2n) is 4.40. The van der Waals surface area contributed by atoms with Gasteiger partial charge in [-0.25, -0.2) is 0 Å². The first-order chi connectivity index (χ1) is 8.34. The van der Waals surface area contributed by atoms with Crippen LogP contribution in [0.2, 0.25) is 0 Å². The average Bonchev–Trinajstić information content (AvgIpc) is 2.91. The van der Waals surface area contributed by atoms with Crippen LogP contribution in [0.4, 0.5) is 0 Å². The van der Waals surface area contributed by atoms with Crippen molar-refractivity contribution in [1.82, 2.24) is 4.90 Å². The van der Waals surface area contributed by atoms with Gasteiger partial charge < -0.3 is 14.4 Å². The van der Waals surface area contributed by atoms with Gasteiger partial charge in [0.05, 0.1) is 0 Å². The van der Waals surface area contributed by atoms with Crippen LogP contribution in [0.5, 0.6) is 11.5 Å². The normalized spacial score (nSPS) is 22.6. The summed E-state index contributed by atoms with van der Waals surface area (Å²) >= 11 is 0. The number of nitrogens with zero attached hydrogens (tertiary/aromatic N) is 1. The molecule has 1 saturated heterocycles. The van der Waals surface area contributed by atoms with Gasteiger partial charge in [0.2, 0.25) is 6.10 Å². The van der Waals surface area contributed by atoms with Crippen molar-refractivity contribution in [3.63, 3.8) is 0 Å². The van der Waals surface area contributed by atoms with Crippen LogP contribution in [0.15, 0.2) is 24.3 Å². The van der Waals surface area contributed by atoms with Crippen molar-refractivity contribution in [1.29, 1.82) is 0 Å². The molecule has 2 aliphatic heterocycles. The first-order valence-corrected chi connectivity index (χ1v) is 6.02. The van der Waals surface area contributed by atoms with E-state index in [9.17, 15) is 4.79 Å². The molecule has 1 fully saturated rings. The van der Waals surface area contributed by atoms with E-state index in [4.69, 9.17) is 9.47 Å². The number of hydrogen-bond acceptors (Lipinski definition) is 3. The standard InChI is InChI=1S/C13H15NO3/c15-13(14-7-3-4-8-14)12-9-16-10-5-1-2-6-11(10)17-12/h1-2,5-6,12H,3-4,7-9H2/t12-/m0/s1. The van der Waals surface area contributed by atoms with Crippen LogP contribution >= 0.6 is 0 Å². The van der Waals surface area contributed by atoms with Crippen LogP contribution in [0.1, 0.15) is 12.8 Å². The molecule has 0 saturated carbocycles. The highest BCUT2D eigenvalue weighted by Gasteiger charge is 2.31. The van der Waals surface area contributed by atoms with Gasteiger partial charge in [0.15, 0.2) is 11.5 Å². The van der Waals surface area contributed by atoms with Crippen LogP contribution < -0.4 is 9.47 Å². The molecule has 1 aromatic carbocycles. The molecule has 0 bridgehead atoms. The van der Waals surface area contributed by atoms with Crippen molar-refractivity contribution in [2.45, 2.75) is 18.9 Å². The largest absolute Gasteiger partial charge is 0.485 e. The molecule has 4 heteroatoms. The Bertz CT molecular complexity index is 426. The van der Waals surface area contributed by atoms with E-state index in [1.165, 1.54) is 0 Å². The quantitative estimate of drug-likeness (QED) is 0.737. The Balaban J connectivity index is 1.73. The maximum atomic E-state index is 12.1. The number of benzene rings is 1. The Kier molecular flexibility index (Phi) is 2.63. The second kappa shape index (κ2) is 4.28. The summed E-state index contributed by atoms with van der Waals surface area (Å²) in [6.07, 6.45) is 1.70. The maximum Gasteiger partial charge on any atom is 0.267 e. The van der Waals surface area contributed by atoms with Gasteiger partial charge in [-0.2, -0.15) is 0 Å². The fourth-order valence-corrected chi connectivity index (χ4v) is 2.28. The van der Waals surface area contributed by atoms with E-state index < -0.39 is 6.10 Å². The number of rotatable bonds is 1. The van der Waals surface area contributed by atoms with Gasteiger partial charge in [-0.05, 0) is 25.0 Å². The molecule has 0 unspecified atom stereocenters. The predicted octanol–water partition coefficient (Wildman–Crippen LogP) is 1.45. The minimum Gasteiger partial charge on any atom is -0.485 e. The van der Waals surface area contributed by atoms with E-state index in [1.807, 2.05) is 29.2 Å². The van der Waals surface area contributed by atoms with Crippen LogP contribution in [-0.2, 0) is 4.79 Å². The van der Waals surface area contributed by atoms with Gasteiger partial charge in [0.25, 0.3) is 5.91 Å². The third-order valence-corrected chi connectivity index (χ3v) is 3.20. The lowest BCUT2D eigenvalue weighted by Crippen LogP contribution is -2.45. The lowest BCUT2D eigenvalue weighted by Gasteiger charge is -2.28. The number of likely N-dealkylation sites (tertiary alicyclic amines) is 1. The van der Waals surface area contributed by atoms with E-state index in [1.54, 1.807) is 0 Å². The van der Waals surface area contributed by atoms with E-state index >= 15 is 0 Å². The second-order valence-corrected chi connectivity index (χ2v) is 4.40. The van der Waals surface area contributed by atoms with Gasteiger partial charge in [-0.15, -0.1) is 0 Å². The zero-order chi connectivity index (χ0) is 11.7. The molecule has 0 aromatic heterocycles. The predicted molar refractivity (Wildman–Crippen MR) is 62.2 cm³/mol. The molecule has 0 spiro atoms. The molecule has 0 radical (unpaired) electrons. The van der Waals surface area contributed by atoms with E-state index in [0.717, 1.165) is 31.7 Å². The molecular formula is C13H15NO3. The lowest BCUT2D eigenvalue weighted by atomic mass is 10.2. The Morgan fingerprint density at radius 2 is 1.88 bits per heavy atom. The van der Waals surface area contributed by atoms with Gasteiger partial charge >= 0.3 is 0 Å². The third kappa shape index (κ3) is 1.95. The Labute approximate surface area is 100 Å². The number of carbonyl (C=O) groups excluding carboxylic acids is 1. The summed E-state index contributed by atoms with van der Waals surface area (Å²) in [5.74, 6) is 1.44. The third-order valence-electron chi connectivity index (χ3n) is 3.20. The summed E-state index contributed by atoms with van der Waals surface area (Å²) < 4.78 is 11.2. The van der Waals surface area contributed by atoms with Crippen LogP contribution in [-0.4, -0.2) is 36.6 Å².